The second-order valence-corrected chi connectivity index (χ2v) is 38.0. The van der Waals surface area contributed by atoms with E-state index in [1.54, 1.807) is 0 Å². The predicted molar refractivity (Wildman–Crippen MR) is 469 cm³/mol. The molecule has 16 rings (SSSR count). The number of benzene rings is 12. The molecule has 0 aromatic heterocycles. The smallest absolute Gasteiger partial charge is 0.0215 e. The largest absolute Gasteiger partial charge is 0.0628 e. The van der Waals surface area contributed by atoms with Crippen LogP contribution < -0.4 is 0 Å². The van der Waals surface area contributed by atoms with Gasteiger partial charge in [0.1, 0.15) is 0 Å². The summed E-state index contributed by atoms with van der Waals surface area (Å²) in [7, 11) is 0. The molecule has 12 aromatic carbocycles. The van der Waals surface area contributed by atoms with Gasteiger partial charge < -0.3 is 0 Å². The quantitative estimate of drug-likeness (QED) is 0.0429. The third-order valence-corrected chi connectivity index (χ3v) is 27.4. The molecule has 0 fully saturated rings. The number of fused-ring (bicyclic) bond motifs is 12. The SMILES string of the molecule is CC(C)CCC1(CCC(C)C)c2ccccc2-c2ccc(-c3cc(-c4ccc5c(c4)C(CCC(C)C)(CCC(C)C)c4ccccc4-5)c4ccc5c(-c6ccc7c(c6)C(CCC(C)C)(CCC(C)C)c6ccccc6-7)cc(-c6ccc7c(c6)C(CCC(C)C)(CCC(C)C)c6ccccc6-7)c6ccc3c4c65)cc21. The van der Waals surface area contributed by atoms with Gasteiger partial charge in [0.2, 0.25) is 0 Å². The van der Waals surface area contributed by atoms with Gasteiger partial charge in [0.25, 0.3) is 0 Å². The molecule has 0 aliphatic heterocycles. The van der Waals surface area contributed by atoms with Crippen molar-refractivity contribution in [3.8, 4) is 89.0 Å². The van der Waals surface area contributed by atoms with Gasteiger partial charge in [0.15, 0.2) is 0 Å². The molecule has 0 radical (unpaired) electrons. The van der Waals surface area contributed by atoms with E-state index >= 15 is 0 Å². The van der Waals surface area contributed by atoms with Crippen LogP contribution in [0.25, 0.3) is 121 Å². The van der Waals surface area contributed by atoms with Crippen molar-refractivity contribution in [2.75, 3.05) is 0 Å². The van der Waals surface area contributed by atoms with Crippen LogP contribution in [-0.2, 0) is 21.7 Å². The number of rotatable bonds is 28. The fourth-order valence-corrected chi connectivity index (χ4v) is 21.4. The third kappa shape index (κ3) is 12.6. The van der Waals surface area contributed by atoms with Crippen LogP contribution in [0, 0.1) is 47.3 Å². The van der Waals surface area contributed by atoms with E-state index in [1.165, 1.54) is 217 Å². The van der Waals surface area contributed by atoms with E-state index in [2.05, 4.69) is 317 Å². The van der Waals surface area contributed by atoms with Crippen LogP contribution in [0.3, 0.4) is 0 Å². The molecule has 4 aliphatic carbocycles. The average molecular weight is 1420 g/mol. The highest BCUT2D eigenvalue weighted by Crippen LogP contribution is 2.62. The first-order chi connectivity index (χ1) is 52.0. The Morgan fingerprint density at radius 3 is 0.537 bits per heavy atom. The molecule has 0 atom stereocenters. The summed E-state index contributed by atoms with van der Waals surface area (Å²) < 4.78 is 0. The van der Waals surface area contributed by atoms with Crippen LogP contribution in [0.5, 0.6) is 0 Å². The van der Waals surface area contributed by atoms with Gasteiger partial charge in [-0.25, -0.2) is 0 Å². The molecular formula is C108H122. The standard InChI is InChI=1S/C108H122/c1-67(2)45-53-105(54-46-68(3)4)95-29-21-17-25-79(95)83-37-33-75(61-99(83)105)91-65-92(76-34-38-84-80-26-18-22-30-96(80)106(100(84)62-76,55-47-69(5)6)56-48-70(7)8)88-43-44-90-94(78-36-40-86-82-28-20-24-32-98(82)108(102(86)64-78,59-51-73(13)14)60-52-74(15)16)66-93(89-42-41-87(91)103(88)104(89)90)77-35-39-85-81-27-19-23-31-97(81)107(101(85)63-77,57-49-71(9)10)58-50-72(11)12/h17-44,61-74H,45-60H2,1-16H3. The Morgan fingerprint density at radius 1 is 0.176 bits per heavy atom. The second kappa shape index (κ2) is 29.2. The molecule has 4 aliphatic rings. The van der Waals surface area contributed by atoms with Crippen molar-refractivity contribution in [1.29, 1.82) is 0 Å². The lowest BCUT2D eigenvalue weighted by molar-refractivity contribution is 0.364. The zero-order valence-corrected chi connectivity index (χ0v) is 68.6. The lowest BCUT2D eigenvalue weighted by Crippen LogP contribution is -2.26. The molecule has 0 amide bonds. The lowest BCUT2D eigenvalue weighted by Gasteiger charge is -2.34. The van der Waals surface area contributed by atoms with Crippen LogP contribution in [0.2, 0.25) is 0 Å². The van der Waals surface area contributed by atoms with E-state index < -0.39 is 0 Å². The molecule has 12 aromatic rings. The summed E-state index contributed by atoms with van der Waals surface area (Å²) in [5.41, 5.74) is 34.0. The van der Waals surface area contributed by atoms with Crippen molar-refractivity contribution in [3.63, 3.8) is 0 Å². The second-order valence-electron chi connectivity index (χ2n) is 38.0. The Hall–Kier alpha value is -8.32. The molecule has 0 saturated heterocycles. The molecule has 108 heavy (non-hydrogen) atoms. The van der Waals surface area contributed by atoms with Crippen LogP contribution >= 0.6 is 0 Å². The van der Waals surface area contributed by atoms with Gasteiger partial charge in [-0.1, -0.05) is 281 Å². The molecule has 0 nitrogen and oxygen atoms in total. The van der Waals surface area contributed by atoms with Crippen molar-refractivity contribution >= 4 is 32.3 Å². The van der Waals surface area contributed by atoms with E-state index in [0.717, 1.165) is 51.4 Å². The Balaban J connectivity index is 1.02. The monoisotopic (exact) mass is 1420 g/mol. The highest BCUT2D eigenvalue weighted by atomic mass is 14.5. The maximum absolute atomic E-state index is 2.73. The van der Waals surface area contributed by atoms with Gasteiger partial charge in [-0.3, -0.25) is 0 Å². The summed E-state index contributed by atoms with van der Waals surface area (Å²) in [6.45, 7) is 39.0. The van der Waals surface area contributed by atoms with Crippen LogP contribution in [-0.4, -0.2) is 0 Å². The summed E-state index contributed by atoms with van der Waals surface area (Å²) in [4.78, 5) is 0. The Kier molecular flexibility index (Phi) is 19.9. The minimum atomic E-state index is -0.0893. The number of hydrogen-bond acceptors (Lipinski definition) is 0. The van der Waals surface area contributed by atoms with Crippen LogP contribution in [0.1, 0.15) is 258 Å². The summed E-state index contributed by atoms with van der Waals surface area (Å²) in [6.07, 6.45) is 18.6. The van der Waals surface area contributed by atoms with Crippen molar-refractivity contribution in [3.05, 3.63) is 251 Å². The van der Waals surface area contributed by atoms with Gasteiger partial charge in [-0.2, -0.15) is 0 Å². The summed E-state index contributed by atoms with van der Waals surface area (Å²) in [6, 6.07) is 85.2. The Bertz CT molecular complexity index is 4630. The molecule has 0 heterocycles. The lowest BCUT2D eigenvalue weighted by atomic mass is 9.69. The van der Waals surface area contributed by atoms with Gasteiger partial charge in [0, 0.05) is 21.7 Å². The van der Waals surface area contributed by atoms with Crippen LogP contribution in [0.15, 0.2) is 206 Å². The van der Waals surface area contributed by atoms with Gasteiger partial charge in [-0.15, -0.1) is 0 Å². The van der Waals surface area contributed by atoms with Crippen molar-refractivity contribution in [1.82, 2.24) is 0 Å². The van der Waals surface area contributed by atoms with Gasteiger partial charge >= 0.3 is 0 Å². The molecule has 0 saturated carbocycles. The first kappa shape index (κ1) is 73.8. The maximum Gasteiger partial charge on any atom is 0.0215 e. The molecular weight excluding hydrogens is 1300 g/mol. The molecule has 0 unspecified atom stereocenters. The first-order valence-electron chi connectivity index (χ1n) is 42.8. The zero-order valence-electron chi connectivity index (χ0n) is 68.6. The van der Waals surface area contributed by atoms with E-state index in [1.807, 2.05) is 0 Å². The Labute approximate surface area is 650 Å². The van der Waals surface area contributed by atoms with E-state index in [0.29, 0.717) is 47.3 Å². The summed E-state index contributed by atoms with van der Waals surface area (Å²) in [5, 5.41) is 8.14. The maximum atomic E-state index is 2.73. The third-order valence-electron chi connectivity index (χ3n) is 27.4. The topological polar surface area (TPSA) is 0 Å². The fraction of sp³-hybridized carbons (Fsp3) is 0.407. The van der Waals surface area contributed by atoms with E-state index in [4.69, 9.17) is 0 Å². The molecule has 0 heteroatoms. The average Bonchev–Trinajstić information content (AvgIpc) is 0.876. The van der Waals surface area contributed by atoms with Gasteiger partial charge in [0.05, 0.1) is 0 Å². The summed E-state index contributed by atoms with van der Waals surface area (Å²) in [5.74, 6) is 4.78. The van der Waals surface area contributed by atoms with Crippen molar-refractivity contribution < 1.29 is 0 Å². The fourth-order valence-electron chi connectivity index (χ4n) is 21.4. The molecule has 0 bridgehead atoms. The van der Waals surface area contributed by atoms with E-state index in [-0.39, 0.29) is 21.7 Å². The summed E-state index contributed by atoms with van der Waals surface area (Å²) >= 11 is 0. The van der Waals surface area contributed by atoms with Crippen LogP contribution in [0.4, 0.5) is 0 Å². The first-order valence-corrected chi connectivity index (χ1v) is 42.8. The predicted octanol–water partition coefficient (Wildman–Crippen LogP) is 31.8. The van der Waals surface area contributed by atoms with Gasteiger partial charge in [-0.05, 0) is 352 Å². The van der Waals surface area contributed by atoms with E-state index in [9.17, 15) is 0 Å². The Morgan fingerprint density at radius 2 is 0.352 bits per heavy atom. The highest BCUT2D eigenvalue weighted by molar-refractivity contribution is 6.32. The van der Waals surface area contributed by atoms with Crippen molar-refractivity contribution in [2.45, 2.75) is 235 Å². The number of hydrogen-bond donors (Lipinski definition) is 0. The highest BCUT2D eigenvalue weighted by Gasteiger charge is 2.48. The molecule has 0 spiro atoms. The van der Waals surface area contributed by atoms with Crippen molar-refractivity contribution in [2.24, 2.45) is 47.3 Å². The zero-order chi connectivity index (χ0) is 75.3. The minimum absolute atomic E-state index is 0.0893. The normalized spacial score (nSPS) is 15.3. The molecule has 0 N–H and O–H groups in total. The minimum Gasteiger partial charge on any atom is -0.0628 e. The molecule has 554 valence electrons.